The van der Waals surface area contributed by atoms with Crippen molar-refractivity contribution in [1.29, 1.82) is 0 Å². The van der Waals surface area contributed by atoms with Gasteiger partial charge in [-0.25, -0.2) is 14.5 Å². The molecule has 2 aromatic carbocycles. The van der Waals surface area contributed by atoms with Crippen LogP contribution in [0.15, 0.2) is 59.7 Å². The molecule has 0 saturated heterocycles. The summed E-state index contributed by atoms with van der Waals surface area (Å²) in [5, 5.41) is 12.9. The van der Waals surface area contributed by atoms with Crippen molar-refractivity contribution >= 4 is 28.5 Å². The van der Waals surface area contributed by atoms with E-state index in [2.05, 4.69) is 15.1 Å². The molecule has 1 fully saturated rings. The summed E-state index contributed by atoms with van der Waals surface area (Å²) in [4.78, 5) is 28.7. The number of benzene rings is 2. The Kier molecular flexibility index (Phi) is 5.94. The molecule has 1 aliphatic rings. The highest BCUT2D eigenvalue weighted by Gasteiger charge is 2.38. The number of aromatic nitrogens is 4. The first kappa shape index (κ1) is 22.5. The lowest BCUT2D eigenvalue weighted by molar-refractivity contribution is -0.192. The number of aromatic amines is 1. The fraction of sp³-hybridized carbons (Fsp3) is 0.182. The first-order chi connectivity index (χ1) is 15.6. The zero-order chi connectivity index (χ0) is 23.8. The van der Waals surface area contributed by atoms with Crippen molar-refractivity contribution in [1.82, 2.24) is 19.7 Å². The Bertz CT molecular complexity index is 1380. The molecule has 0 radical (unpaired) electrons. The van der Waals surface area contributed by atoms with E-state index < -0.39 is 12.1 Å². The van der Waals surface area contributed by atoms with Gasteiger partial charge in [-0.3, -0.25) is 4.79 Å². The summed E-state index contributed by atoms with van der Waals surface area (Å²) >= 11 is 5.94. The average molecular weight is 477 g/mol. The van der Waals surface area contributed by atoms with Crippen LogP contribution in [0.25, 0.3) is 27.7 Å². The lowest BCUT2D eigenvalue weighted by atomic mass is 10.1. The van der Waals surface area contributed by atoms with E-state index in [0.29, 0.717) is 16.3 Å². The largest absolute Gasteiger partial charge is 0.490 e. The van der Waals surface area contributed by atoms with Crippen LogP contribution < -0.4 is 5.56 Å². The zero-order valence-electron chi connectivity index (χ0n) is 16.8. The van der Waals surface area contributed by atoms with E-state index in [0.717, 1.165) is 41.0 Å². The number of H-pyrrole nitrogens is 1. The summed E-state index contributed by atoms with van der Waals surface area (Å²) in [6, 6.07) is 13.2. The molecule has 7 nitrogen and oxygen atoms in total. The third-order valence-corrected chi connectivity index (χ3v) is 5.19. The van der Waals surface area contributed by atoms with E-state index >= 15 is 0 Å². The molecule has 0 amide bonds. The fourth-order valence-electron chi connectivity index (χ4n) is 3.09. The van der Waals surface area contributed by atoms with E-state index in [9.17, 15) is 18.0 Å². The molecule has 33 heavy (non-hydrogen) atoms. The molecule has 170 valence electrons. The van der Waals surface area contributed by atoms with Gasteiger partial charge in [-0.2, -0.15) is 18.3 Å². The van der Waals surface area contributed by atoms with Crippen LogP contribution in [0.1, 0.15) is 24.6 Å². The first-order valence-corrected chi connectivity index (χ1v) is 10.1. The molecule has 11 heteroatoms. The van der Waals surface area contributed by atoms with Gasteiger partial charge >= 0.3 is 12.1 Å². The molecule has 0 atom stereocenters. The number of rotatable bonds is 3. The second-order valence-electron chi connectivity index (χ2n) is 7.41. The molecule has 2 heterocycles. The molecule has 0 spiro atoms. The van der Waals surface area contributed by atoms with Crippen LogP contribution in [-0.2, 0) is 4.79 Å². The maximum atomic E-state index is 12.3. The minimum absolute atomic E-state index is 0.0692. The standard InChI is InChI=1S/C20H15ClN4O.C2HF3O2/c21-15-4-6-16(7-5-15)25-11-14(10-22-25)13-3-8-17-18(9-13)23-19(12-1-2-12)24-20(17)26;3-2(4,5)1(6)7/h3-12H,1-2H2,(H,23,24,26);(H,6,7). The number of carboxylic acid groups (broad SMARTS) is 1. The molecule has 0 bridgehead atoms. The zero-order valence-corrected chi connectivity index (χ0v) is 17.6. The van der Waals surface area contributed by atoms with Gasteiger partial charge < -0.3 is 10.1 Å². The van der Waals surface area contributed by atoms with Gasteiger partial charge in [0.2, 0.25) is 0 Å². The van der Waals surface area contributed by atoms with Crippen molar-refractivity contribution in [3.8, 4) is 16.8 Å². The predicted octanol–water partition coefficient (Wildman–Crippen LogP) is 4.94. The molecule has 4 aromatic rings. The topological polar surface area (TPSA) is 101 Å². The lowest BCUT2D eigenvalue weighted by Gasteiger charge is -2.04. The summed E-state index contributed by atoms with van der Waals surface area (Å²) in [5.41, 5.74) is 3.55. The Morgan fingerprint density at radius 1 is 1.12 bits per heavy atom. The van der Waals surface area contributed by atoms with Gasteiger partial charge in [0.15, 0.2) is 0 Å². The average Bonchev–Trinajstić information content (AvgIpc) is 3.50. The molecule has 2 N–H and O–H groups in total. The summed E-state index contributed by atoms with van der Waals surface area (Å²) < 4.78 is 33.5. The fourth-order valence-corrected chi connectivity index (χ4v) is 3.22. The van der Waals surface area contributed by atoms with Crippen molar-refractivity contribution in [3.63, 3.8) is 0 Å². The van der Waals surface area contributed by atoms with Gasteiger partial charge in [-0.05, 0) is 54.8 Å². The smallest absolute Gasteiger partial charge is 0.475 e. The van der Waals surface area contributed by atoms with E-state index in [1.165, 1.54) is 0 Å². The second-order valence-corrected chi connectivity index (χ2v) is 7.85. The highest BCUT2D eigenvalue weighted by atomic mass is 35.5. The number of nitrogens with zero attached hydrogens (tertiary/aromatic N) is 3. The quantitative estimate of drug-likeness (QED) is 0.436. The van der Waals surface area contributed by atoms with Crippen LogP contribution in [0.2, 0.25) is 5.02 Å². The Morgan fingerprint density at radius 3 is 2.39 bits per heavy atom. The maximum absolute atomic E-state index is 12.3. The molecule has 5 rings (SSSR count). The summed E-state index contributed by atoms with van der Waals surface area (Å²) in [6.07, 6.45) is 0.883. The van der Waals surface area contributed by atoms with Crippen LogP contribution in [0.3, 0.4) is 0 Å². The molecule has 0 aliphatic heterocycles. The molecular weight excluding hydrogens is 461 g/mol. The van der Waals surface area contributed by atoms with Crippen LogP contribution >= 0.6 is 11.6 Å². The normalized spacial score (nSPS) is 13.5. The van der Waals surface area contributed by atoms with Crippen LogP contribution in [0.5, 0.6) is 0 Å². The Hall–Kier alpha value is -3.66. The van der Waals surface area contributed by atoms with Gasteiger partial charge in [0, 0.05) is 22.7 Å². The molecule has 0 unspecified atom stereocenters. The Labute approximate surface area is 189 Å². The van der Waals surface area contributed by atoms with E-state index in [-0.39, 0.29) is 5.56 Å². The van der Waals surface area contributed by atoms with Crippen LogP contribution in [-0.4, -0.2) is 37.0 Å². The molecule has 1 aliphatic carbocycles. The maximum Gasteiger partial charge on any atom is 0.490 e. The third-order valence-electron chi connectivity index (χ3n) is 4.94. The van der Waals surface area contributed by atoms with Gasteiger partial charge in [0.1, 0.15) is 5.82 Å². The molecule has 1 saturated carbocycles. The Morgan fingerprint density at radius 2 is 1.79 bits per heavy atom. The van der Waals surface area contributed by atoms with Gasteiger partial charge in [0.25, 0.3) is 5.56 Å². The summed E-state index contributed by atoms with van der Waals surface area (Å²) in [5.74, 6) is -1.55. The minimum atomic E-state index is -5.08. The summed E-state index contributed by atoms with van der Waals surface area (Å²) in [7, 11) is 0. The van der Waals surface area contributed by atoms with Crippen molar-refractivity contribution in [3.05, 3.63) is 76.1 Å². The SMILES string of the molecule is O=C(O)C(F)(F)F.O=c1[nH]c(C2CC2)nc2cc(-c3cnn(-c4ccc(Cl)cc4)c3)ccc12. The van der Waals surface area contributed by atoms with Gasteiger partial charge in [-0.1, -0.05) is 17.7 Å². The lowest BCUT2D eigenvalue weighted by Crippen LogP contribution is -2.21. The first-order valence-electron chi connectivity index (χ1n) is 9.77. The van der Waals surface area contributed by atoms with Crippen molar-refractivity contribution in [2.45, 2.75) is 24.9 Å². The monoisotopic (exact) mass is 476 g/mol. The van der Waals surface area contributed by atoms with Crippen molar-refractivity contribution < 1.29 is 23.1 Å². The predicted molar refractivity (Wildman–Crippen MR) is 116 cm³/mol. The number of nitrogens with one attached hydrogen (secondary N) is 1. The second kappa shape index (κ2) is 8.70. The van der Waals surface area contributed by atoms with Gasteiger partial charge in [-0.15, -0.1) is 0 Å². The highest BCUT2D eigenvalue weighted by molar-refractivity contribution is 6.30. The summed E-state index contributed by atoms with van der Waals surface area (Å²) in [6.45, 7) is 0. The number of fused-ring (bicyclic) bond motifs is 1. The number of aliphatic carboxylic acids is 1. The van der Waals surface area contributed by atoms with Crippen molar-refractivity contribution in [2.24, 2.45) is 0 Å². The van der Waals surface area contributed by atoms with E-state index in [4.69, 9.17) is 21.5 Å². The number of carbonyl (C=O) groups is 1. The number of halogens is 4. The van der Waals surface area contributed by atoms with Crippen LogP contribution in [0.4, 0.5) is 13.2 Å². The highest BCUT2D eigenvalue weighted by Crippen LogP contribution is 2.38. The van der Waals surface area contributed by atoms with E-state index in [1.54, 1.807) is 4.68 Å². The molecule has 2 aromatic heterocycles. The number of alkyl halides is 3. The van der Waals surface area contributed by atoms with Crippen LogP contribution in [0, 0.1) is 0 Å². The number of hydrogen-bond acceptors (Lipinski definition) is 4. The van der Waals surface area contributed by atoms with E-state index in [1.807, 2.05) is 54.9 Å². The number of hydrogen-bond donors (Lipinski definition) is 2. The molecular formula is C22H16ClF3N4O3. The van der Waals surface area contributed by atoms with Crippen molar-refractivity contribution in [2.75, 3.05) is 0 Å². The Balaban J connectivity index is 0.000000325. The number of carboxylic acids is 1. The minimum Gasteiger partial charge on any atom is -0.475 e. The van der Waals surface area contributed by atoms with Gasteiger partial charge in [0.05, 0.1) is 22.8 Å². The third kappa shape index (κ3) is 5.23.